The first-order valence-corrected chi connectivity index (χ1v) is 8.58. The molecule has 11 heteroatoms. The molecule has 1 atom stereocenters. The van der Waals surface area contributed by atoms with Crippen LogP contribution in [0.4, 0.5) is 19.1 Å². The van der Waals surface area contributed by atoms with Crippen LogP contribution >= 0.6 is 0 Å². The van der Waals surface area contributed by atoms with Gasteiger partial charge in [-0.25, -0.2) is 14.8 Å². The predicted octanol–water partition coefficient (Wildman–Crippen LogP) is 2.54. The standard InChI is InChI=1S/C18H19F3N4O4/c1-3-28-13-9-6-5-8-12(13)14(26)24-17(18(19,20)21,15(27)29-4-2)25-16-22-10-7-11-23-16/h5-11H,3-4H2,1-2H3,(H,24,26)(H,22,23,25)/t17-/m0/s1. The van der Waals surface area contributed by atoms with E-state index in [1.54, 1.807) is 18.3 Å². The van der Waals surface area contributed by atoms with E-state index in [4.69, 9.17) is 4.74 Å². The Hall–Kier alpha value is -3.37. The second-order valence-electron chi connectivity index (χ2n) is 5.55. The van der Waals surface area contributed by atoms with Crippen molar-refractivity contribution in [3.8, 4) is 5.75 Å². The molecule has 0 aliphatic carbocycles. The number of halogens is 3. The summed E-state index contributed by atoms with van der Waals surface area (Å²) in [5.74, 6) is -3.44. The summed E-state index contributed by atoms with van der Waals surface area (Å²) in [5.41, 5.74) is -3.82. The molecule has 0 saturated carbocycles. The van der Waals surface area contributed by atoms with Crippen molar-refractivity contribution in [1.82, 2.24) is 15.3 Å². The molecule has 2 rings (SSSR count). The zero-order valence-electron chi connectivity index (χ0n) is 15.6. The van der Waals surface area contributed by atoms with Gasteiger partial charge in [0.2, 0.25) is 5.95 Å². The molecule has 0 aliphatic rings. The summed E-state index contributed by atoms with van der Waals surface area (Å²) < 4.78 is 52.2. The predicted molar refractivity (Wildman–Crippen MR) is 96.2 cm³/mol. The molecule has 2 aromatic rings. The largest absolute Gasteiger partial charge is 0.493 e. The van der Waals surface area contributed by atoms with Crippen LogP contribution in [-0.4, -0.2) is 46.9 Å². The molecule has 1 heterocycles. The maximum absolute atomic E-state index is 14.1. The van der Waals surface area contributed by atoms with Gasteiger partial charge in [-0.1, -0.05) is 12.1 Å². The highest BCUT2D eigenvalue weighted by atomic mass is 19.4. The van der Waals surface area contributed by atoms with Crippen molar-refractivity contribution in [3.05, 3.63) is 48.3 Å². The number of para-hydroxylation sites is 1. The van der Waals surface area contributed by atoms with Crippen LogP contribution in [0.2, 0.25) is 0 Å². The number of nitrogens with one attached hydrogen (secondary N) is 2. The molecular formula is C18H19F3N4O4. The minimum atomic E-state index is -5.30. The molecule has 0 aliphatic heterocycles. The van der Waals surface area contributed by atoms with Crippen molar-refractivity contribution in [2.75, 3.05) is 18.5 Å². The Morgan fingerprint density at radius 1 is 1.03 bits per heavy atom. The van der Waals surface area contributed by atoms with Gasteiger partial charge in [-0.3, -0.25) is 4.79 Å². The molecule has 1 amide bonds. The molecule has 0 bridgehead atoms. The topological polar surface area (TPSA) is 102 Å². The van der Waals surface area contributed by atoms with Gasteiger partial charge in [-0.05, 0) is 32.0 Å². The normalized spacial score (nSPS) is 13.1. The van der Waals surface area contributed by atoms with Gasteiger partial charge >= 0.3 is 17.8 Å². The number of aromatic nitrogens is 2. The van der Waals surface area contributed by atoms with E-state index in [9.17, 15) is 22.8 Å². The molecular weight excluding hydrogens is 393 g/mol. The maximum Gasteiger partial charge on any atom is 0.442 e. The van der Waals surface area contributed by atoms with Gasteiger partial charge in [0.1, 0.15) is 5.75 Å². The molecule has 0 fully saturated rings. The fourth-order valence-electron chi connectivity index (χ4n) is 2.33. The van der Waals surface area contributed by atoms with Gasteiger partial charge in [-0.2, -0.15) is 13.2 Å². The Labute approximate surface area is 164 Å². The minimum absolute atomic E-state index is 0.0587. The Morgan fingerprint density at radius 3 is 2.28 bits per heavy atom. The highest BCUT2D eigenvalue weighted by Gasteiger charge is 2.64. The lowest BCUT2D eigenvalue weighted by molar-refractivity contribution is -0.204. The van der Waals surface area contributed by atoms with Crippen LogP contribution in [-0.2, 0) is 9.53 Å². The fraction of sp³-hybridized carbons (Fsp3) is 0.333. The summed E-state index contributed by atoms with van der Waals surface area (Å²) in [7, 11) is 0. The number of amides is 1. The van der Waals surface area contributed by atoms with E-state index in [0.717, 1.165) is 0 Å². The number of carbonyl (C=O) groups is 2. The van der Waals surface area contributed by atoms with Crippen molar-refractivity contribution in [2.45, 2.75) is 25.7 Å². The van der Waals surface area contributed by atoms with E-state index in [-0.39, 0.29) is 24.5 Å². The third-order valence-corrected chi connectivity index (χ3v) is 3.60. The number of benzene rings is 1. The highest BCUT2D eigenvalue weighted by Crippen LogP contribution is 2.33. The number of anilines is 1. The minimum Gasteiger partial charge on any atom is -0.493 e. The second kappa shape index (κ2) is 9.22. The number of rotatable bonds is 8. The maximum atomic E-state index is 14.1. The monoisotopic (exact) mass is 412 g/mol. The quantitative estimate of drug-likeness (QED) is 0.507. The van der Waals surface area contributed by atoms with E-state index in [2.05, 4.69) is 14.7 Å². The van der Waals surface area contributed by atoms with Crippen LogP contribution in [0.15, 0.2) is 42.7 Å². The van der Waals surface area contributed by atoms with Crippen LogP contribution in [0, 0.1) is 0 Å². The van der Waals surface area contributed by atoms with Crippen LogP contribution in [0.5, 0.6) is 5.75 Å². The van der Waals surface area contributed by atoms with E-state index >= 15 is 0 Å². The van der Waals surface area contributed by atoms with Gasteiger partial charge in [-0.15, -0.1) is 0 Å². The van der Waals surface area contributed by atoms with E-state index in [0.29, 0.717) is 0 Å². The summed E-state index contributed by atoms with van der Waals surface area (Å²) in [6.07, 6.45) is -2.95. The molecule has 0 spiro atoms. The third-order valence-electron chi connectivity index (χ3n) is 3.60. The van der Waals surface area contributed by atoms with E-state index < -0.39 is 29.7 Å². The molecule has 29 heavy (non-hydrogen) atoms. The Bertz CT molecular complexity index is 848. The molecule has 0 saturated heterocycles. The first-order chi connectivity index (χ1) is 13.7. The number of alkyl halides is 3. The smallest absolute Gasteiger partial charge is 0.442 e. The molecule has 156 valence electrons. The third kappa shape index (κ3) is 4.92. The fourth-order valence-corrected chi connectivity index (χ4v) is 2.33. The summed E-state index contributed by atoms with van der Waals surface area (Å²) in [4.78, 5) is 32.4. The number of hydrogen-bond donors (Lipinski definition) is 2. The van der Waals surface area contributed by atoms with E-state index in [1.807, 2.05) is 5.32 Å². The average molecular weight is 412 g/mol. The van der Waals surface area contributed by atoms with Gasteiger partial charge in [0.25, 0.3) is 5.91 Å². The Balaban J connectivity index is 2.51. The number of esters is 1. The van der Waals surface area contributed by atoms with Crippen molar-refractivity contribution in [2.24, 2.45) is 0 Å². The summed E-state index contributed by atoms with van der Waals surface area (Å²) in [6, 6.07) is 7.07. The molecule has 8 nitrogen and oxygen atoms in total. The SMILES string of the molecule is CCOC(=O)[C@](NC(=O)c1ccccc1OCC)(Nc1ncccn1)C(F)(F)F. The lowest BCUT2D eigenvalue weighted by atomic mass is 10.1. The van der Waals surface area contributed by atoms with Gasteiger partial charge in [0.15, 0.2) is 0 Å². The summed E-state index contributed by atoms with van der Waals surface area (Å²) in [5, 5.41) is 3.58. The molecule has 1 aromatic heterocycles. The first kappa shape index (κ1) is 21.9. The lowest BCUT2D eigenvalue weighted by Crippen LogP contribution is -2.69. The average Bonchev–Trinajstić information content (AvgIpc) is 2.68. The van der Waals surface area contributed by atoms with Crippen molar-refractivity contribution in [3.63, 3.8) is 0 Å². The highest BCUT2D eigenvalue weighted by molar-refractivity contribution is 6.01. The number of ether oxygens (including phenoxy) is 2. The number of nitrogens with zero attached hydrogens (tertiary/aromatic N) is 2. The van der Waals surface area contributed by atoms with Gasteiger partial charge in [0.05, 0.1) is 18.8 Å². The van der Waals surface area contributed by atoms with Gasteiger partial charge < -0.3 is 20.1 Å². The van der Waals surface area contributed by atoms with Crippen LogP contribution in [0.25, 0.3) is 0 Å². The Kier molecular flexibility index (Phi) is 6.97. The molecule has 0 unspecified atom stereocenters. The van der Waals surface area contributed by atoms with Gasteiger partial charge in [0, 0.05) is 12.4 Å². The van der Waals surface area contributed by atoms with Crippen LogP contribution < -0.4 is 15.4 Å². The number of hydrogen-bond acceptors (Lipinski definition) is 7. The summed E-state index contributed by atoms with van der Waals surface area (Å²) in [6.45, 7) is 2.83. The van der Waals surface area contributed by atoms with Crippen LogP contribution in [0.3, 0.4) is 0 Å². The summed E-state index contributed by atoms with van der Waals surface area (Å²) >= 11 is 0. The first-order valence-electron chi connectivity index (χ1n) is 8.58. The Morgan fingerprint density at radius 2 is 1.69 bits per heavy atom. The molecule has 1 aromatic carbocycles. The van der Waals surface area contributed by atoms with Crippen molar-refractivity contribution < 1.29 is 32.2 Å². The van der Waals surface area contributed by atoms with E-state index in [1.165, 1.54) is 43.6 Å². The van der Waals surface area contributed by atoms with Crippen molar-refractivity contribution in [1.29, 1.82) is 0 Å². The molecule has 0 radical (unpaired) electrons. The van der Waals surface area contributed by atoms with Crippen molar-refractivity contribution >= 4 is 17.8 Å². The number of carbonyl (C=O) groups excluding carboxylic acids is 2. The lowest BCUT2D eigenvalue weighted by Gasteiger charge is -2.34. The second-order valence-corrected chi connectivity index (χ2v) is 5.55. The molecule has 2 N–H and O–H groups in total. The van der Waals surface area contributed by atoms with Crippen LogP contribution in [0.1, 0.15) is 24.2 Å². The zero-order valence-corrected chi connectivity index (χ0v) is 15.6. The zero-order chi connectivity index (χ0) is 21.5.